The fraction of sp³-hybridized carbons (Fsp3) is 0.0455. The van der Waals surface area contributed by atoms with Crippen LogP contribution in [0.4, 0.5) is 5.69 Å². The Morgan fingerprint density at radius 1 is 1.06 bits per heavy atom. The van der Waals surface area contributed by atoms with Gasteiger partial charge in [0, 0.05) is 17.3 Å². The maximum absolute atomic E-state index is 13.2. The number of anilines is 1. The van der Waals surface area contributed by atoms with Crippen molar-refractivity contribution in [2.75, 3.05) is 12.4 Å². The summed E-state index contributed by atoms with van der Waals surface area (Å²) in [4.78, 5) is 25.0. The number of hydrogen-bond donors (Lipinski definition) is 1. The monoisotopic (exact) mass is 415 g/mol. The van der Waals surface area contributed by atoms with Crippen molar-refractivity contribution in [2.45, 2.75) is 0 Å². The first-order valence-electron chi connectivity index (χ1n) is 9.25. The molecular formula is C22H17N5O4. The van der Waals surface area contributed by atoms with Crippen LogP contribution in [-0.4, -0.2) is 39.2 Å². The van der Waals surface area contributed by atoms with E-state index in [1.807, 2.05) is 30.3 Å². The minimum absolute atomic E-state index is 0.127. The average Bonchev–Trinajstić information content (AvgIpc) is 3.49. The number of hydrogen-bond acceptors (Lipinski definition) is 7. The molecule has 0 saturated carbocycles. The molecule has 0 spiro atoms. The van der Waals surface area contributed by atoms with Crippen molar-refractivity contribution in [3.8, 4) is 11.4 Å². The third kappa shape index (κ3) is 4.40. The lowest BCUT2D eigenvalue weighted by atomic mass is 10.2. The normalized spacial score (nSPS) is 11.2. The highest BCUT2D eigenvalue weighted by molar-refractivity contribution is 6.24. The van der Waals surface area contributed by atoms with Gasteiger partial charge in [0.25, 0.3) is 5.91 Å². The fourth-order valence-electron chi connectivity index (χ4n) is 2.88. The van der Waals surface area contributed by atoms with Gasteiger partial charge < -0.3 is 14.5 Å². The molecule has 2 aromatic carbocycles. The number of nitrogens with one attached hydrogen (secondary N) is 1. The van der Waals surface area contributed by atoms with E-state index in [0.29, 0.717) is 22.8 Å². The second-order valence-electron chi connectivity index (χ2n) is 6.35. The number of methoxy groups -OCH3 is 1. The largest absolute Gasteiger partial charge is 0.465 e. The third-order valence-corrected chi connectivity index (χ3v) is 4.33. The number of ether oxygens (including phenoxy) is 1. The van der Waals surface area contributed by atoms with Gasteiger partial charge in [-0.25, -0.2) is 4.79 Å². The van der Waals surface area contributed by atoms with E-state index < -0.39 is 11.9 Å². The molecule has 9 nitrogen and oxygen atoms in total. The summed E-state index contributed by atoms with van der Waals surface area (Å²) in [6.07, 6.45) is 3.03. The van der Waals surface area contributed by atoms with E-state index in [2.05, 4.69) is 20.8 Å². The van der Waals surface area contributed by atoms with Gasteiger partial charge in [0.15, 0.2) is 5.82 Å². The molecule has 4 rings (SSSR count). The fourth-order valence-corrected chi connectivity index (χ4v) is 2.88. The van der Waals surface area contributed by atoms with Crippen molar-refractivity contribution in [3.63, 3.8) is 0 Å². The Hall–Kier alpha value is -4.53. The number of furan rings is 1. The zero-order valence-corrected chi connectivity index (χ0v) is 16.4. The molecule has 0 radical (unpaired) electrons. The van der Waals surface area contributed by atoms with Crippen LogP contribution in [0.3, 0.4) is 0 Å². The van der Waals surface area contributed by atoms with Crippen molar-refractivity contribution in [3.05, 3.63) is 84.3 Å². The molecule has 154 valence electrons. The number of esters is 1. The Kier molecular flexibility index (Phi) is 5.66. The van der Waals surface area contributed by atoms with Gasteiger partial charge in [-0.05, 0) is 40.8 Å². The van der Waals surface area contributed by atoms with Crippen LogP contribution < -0.4 is 5.32 Å². The molecule has 0 aliphatic rings. The van der Waals surface area contributed by atoms with Crippen LogP contribution in [0.5, 0.6) is 0 Å². The minimum Gasteiger partial charge on any atom is -0.465 e. The van der Waals surface area contributed by atoms with Crippen molar-refractivity contribution in [2.24, 2.45) is 0 Å². The summed E-state index contributed by atoms with van der Waals surface area (Å²) in [5.74, 6) is -0.169. The average molecular weight is 415 g/mol. The lowest BCUT2D eigenvalue weighted by molar-refractivity contribution is -0.111. The van der Waals surface area contributed by atoms with Crippen molar-refractivity contribution < 1.29 is 18.7 Å². The van der Waals surface area contributed by atoms with Gasteiger partial charge in [-0.2, -0.15) is 4.68 Å². The van der Waals surface area contributed by atoms with Crippen LogP contribution in [0.1, 0.15) is 16.1 Å². The summed E-state index contributed by atoms with van der Waals surface area (Å²) in [5, 5.41) is 14.6. The van der Waals surface area contributed by atoms with Gasteiger partial charge in [0.05, 0.1) is 18.9 Å². The molecule has 0 unspecified atom stereocenters. The molecule has 0 fully saturated rings. The Balaban J connectivity index is 1.72. The predicted molar refractivity (Wildman–Crippen MR) is 113 cm³/mol. The van der Waals surface area contributed by atoms with E-state index in [9.17, 15) is 9.59 Å². The van der Waals surface area contributed by atoms with Crippen molar-refractivity contribution in [1.29, 1.82) is 0 Å². The van der Waals surface area contributed by atoms with Gasteiger partial charge in [-0.1, -0.05) is 36.4 Å². The van der Waals surface area contributed by atoms with Gasteiger partial charge >= 0.3 is 5.97 Å². The Morgan fingerprint density at radius 3 is 2.65 bits per heavy atom. The van der Waals surface area contributed by atoms with E-state index in [1.54, 1.807) is 30.3 Å². The third-order valence-electron chi connectivity index (χ3n) is 4.33. The number of aromatic nitrogens is 4. The molecule has 0 saturated heterocycles. The summed E-state index contributed by atoms with van der Waals surface area (Å²) in [5.41, 5.74) is 1.58. The van der Waals surface area contributed by atoms with E-state index >= 15 is 0 Å². The second kappa shape index (κ2) is 8.87. The molecule has 0 atom stereocenters. The number of carbonyl (C=O) groups is 2. The summed E-state index contributed by atoms with van der Waals surface area (Å²) in [6.45, 7) is 0. The van der Waals surface area contributed by atoms with E-state index in [0.717, 1.165) is 5.56 Å². The Labute approximate surface area is 177 Å². The molecule has 2 heterocycles. The van der Waals surface area contributed by atoms with Crippen LogP contribution in [-0.2, 0) is 9.53 Å². The molecule has 31 heavy (non-hydrogen) atoms. The summed E-state index contributed by atoms with van der Waals surface area (Å²) >= 11 is 0. The predicted octanol–water partition coefficient (Wildman–Crippen LogP) is 3.36. The first-order chi connectivity index (χ1) is 15.2. The van der Waals surface area contributed by atoms with Crippen LogP contribution in [0.2, 0.25) is 0 Å². The first-order valence-corrected chi connectivity index (χ1v) is 9.25. The van der Waals surface area contributed by atoms with E-state index in [1.165, 1.54) is 30.2 Å². The molecule has 1 N–H and O–H groups in total. The number of nitrogens with zero attached hydrogens (tertiary/aromatic N) is 4. The molecule has 0 aliphatic carbocycles. The molecule has 0 aliphatic heterocycles. The lowest BCUT2D eigenvalue weighted by Crippen LogP contribution is -2.19. The summed E-state index contributed by atoms with van der Waals surface area (Å²) in [7, 11) is 1.29. The molecule has 2 aromatic heterocycles. The zero-order chi connectivity index (χ0) is 21.6. The topological polar surface area (TPSA) is 112 Å². The van der Waals surface area contributed by atoms with Crippen molar-refractivity contribution in [1.82, 2.24) is 20.2 Å². The minimum atomic E-state index is -0.505. The highest BCUT2D eigenvalue weighted by Crippen LogP contribution is 2.22. The smallest absolute Gasteiger partial charge is 0.337 e. The number of tetrazole rings is 1. The number of benzene rings is 2. The van der Waals surface area contributed by atoms with Crippen LogP contribution >= 0.6 is 0 Å². The molecule has 9 heteroatoms. The van der Waals surface area contributed by atoms with Crippen LogP contribution in [0, 0.1) is 0 Å². The maximum Gasteiger partial charge on any atom is 0.337 e. The van der Waals surface area contributed by atoms with Crippen LogP contribution in [0.15, 0.2) is 77.4 Å². The van der Waals surface area contributed by atoms with Gasteiger partial charge in [-0.15, -0.1) is 5.10 Å². The van der Waals surface area contributed by atoms with Crippen LogP contribution in [0.25, 0.3) is 23.2 Å². The van der Waals surface area contributed by atoms with Gasteiger partial charge in [0.1, 0.15) is 11.5 Å². The van der Waals surface area contributed by atoms with Gasteiger partial charge in [-0.3, -0.25) is 4.79 Å². The summed E-state index contributed by atoms with van der Waals surface area (Å²) in [6, 6.07) is 19.1. The van der Waals surface area contributed by atoms with Gasteiger partial charge in [0.2, 0.25) is 0 Å². The maximum atomic E-state index is 13.2. The molecule has 1 amide bonds. The molecule has 0 bridgehead atoms. The zero-order valence-electron chi connectivity index (χ0n) is 16.4. The number of amides is 1. The number of rotatable bonds is 6. The SMILES string of the molecule is COC(=O)c1cccc(NC(=O)/C(=C\c2ccco2)n2nnnc2-c2ccccc2)c1. The number of carbonyl (C=O) groups excluding carboxylic acids is 2. The standard InChI is InChI=1S/C22H17N5O4/c1-30-22(29)16-9-5-10-17(13-16)23-21(28)19(14-18-11-6-12-31-18)27-20(24-25-26-27)15-7-3-2-4-8-15/h2-14H,1H3,(H,23,28)/b19-14+. The quantitative estimate of drug-likeness (QED) is 0.380. The van der Waals surface area contributed by atoms with E-state index in [4.69, 9.17) is 9.15 Å². The molecular weight excluding hydrogens is 398 g/mol. The Bertz CT molecular complexity index is 1230. The highest BCUT2D eigenvalue weighted by Gasteiger charge is 2.20. The second-order valence-corrected chi connectivity index (χ2v) is 6.35. The summed E-state index contributed by atoms with van der Waals surface area (Å²) < 4.78 is 11.4. The lowest BCUT2D eigenvalue weighted by Gasteiger charge is -2.11. The first kappa shape index (κ1) is 19.8. The Morgan fingerprint density at radius 2 is 1.90 bits per heavy atom. The molecule has 4 aromatic rings. The van der Waals surface area contributed by atoms with Crippen molar-refractivity contribution >= 4 is 29.3 Å². The van der Waals surface area contributed by atoms with E-state index in [-0.39, 0.29) is 5.70 Å². The highest BCUT2D eigenvalue weighted by atomic mass is 16.5.